The van der Waals surface area contributed by atoms with Gasteiger partial charge in [-0.3, -0.25) is 4.79 Å². The van der Waals surface area contributed by atoms with Crippen LogP contribution in [0.1, 0.15) is 21.6 Å². The van der Waals surface area contributed by atoms with E-state index >= 15 is 0 Å². The lowest BCUT2D eigenvalue weighted by molar-refractivity contribution is 0.102. The summed E-state index contributed by atoms with van der Waals surface area (Å²) in [6, 6.07) is 22.2. The molecule has 25 heavy (non-hydrogen) atoms. The van der Waals surface area contributed by atoms with Gasteiger partial charge in [-0.1, -0.05) is 30.3 Å². The molecule has 4 nitrogen and oxygen atoms in total. The molecule has 0 saturated carbocycles. The van der Waals surface area contributed by atoms with Crippen molar-refractivity contribution < 1.29 is 4.79 Å². The van der Waals surface area contributed by atoms with Crippen LogP contribution in [0.5, 0.6) is 0 Å². The Morgan fingerprint density at radius 1 is 1.00 bits per heavy atom. The Morgan fingerprint density at radius 2 is 1.72 bits per heavy atom. The molecule has 0 bridgehead atoms. The number of hydrogen-bond acceptors (Lipinski definition) is 3. The molecule has 124 valence electrons. The summed E-state index contributed by atoms with van der Waals surface area (Å²) in [7, 11) is 0. The number of pyridine rings is 1. The van der Waals surface area contributed by atoms with Gasteiger partial charge in [0.2, 0.25) is 0 Å². The Balaban J connectivity index is 0.00000225. The zero-order chi connectivity index (χ0) is 16.9. The molecule has 5 heteroatoms. The van der Waals surface area contributed by atoms with Gasteiger partial charge in [0.25, 0.3) is 5.91 Å². The van der Waals surface area contributed by atoms with Crippen LogP contribution in [0.15, 0.2) is 66.7 Å². The number of nitrogens with one attached hydrogen (secondary N) is 1. The topological polar surface area (TPSA) is 65.8 Å². The minimum atomic E-state index is -0.203. The number of rotatable bonds is 3. The Hall–Kier alpha value is -2.97. The summed E-state index contributed by atoms with van der Waals surface area (Å²) >= 11 is 0. The molecule has 2 aromatic carbocycles. The highest BCUT2D eigenvalue weighted by Gasteiger charge is 2.07. The highest BCUT2D eigenvalue weighted by molar-refractivity contribution is 8.93. The molecular formula is C20H16BrN3O. The van der Waals surface area contributed by atoms with Crippen LogP contribution >= 0.6 is 17.0 Å². The Kier molecular flexibility index (Phi) is 6.04. The normalized spacial score (nSPS) is 9.60. The Labute approximate surface area is 156 Å². The van der Waals surface area contributed by atoms with Crippen molar-refractivity contribution in [1.29, 1.82) is 5.26 Å². The summed E-state index contributed by atoms with van der Waals surface area (Å²) in [5.41, 5.74) is 3.91. The standard InChI is InChI=1S/C20H15N3O.BrH/c1-14-4-2-7-19(22-14)23-20(24)17-10-8-16(9-11-17)18-6-3-5-15(12-18)13-21;/h2-12H,1H3,(H,22,23,24);1H. The quantitative estimate of drug-likeness (QED) is 0.697. The molecule has 3 aromatic rings. The number of aromatic nitrogens is 1. The lowest BCUT2D eigenvalue weighted by Gasteiger charge is -2.07. The number of amides is 1. The average Bonchev–Trinajstić information content (AvgIpc) is 2.62. The van der Waals surface area contributed by atoms with Crippen LogP contribution in [0.2, 0.25) is 0 Å². The van der Waals surface area contributed by atoms with E-state index in [0.29, 0.717) is 16.9 Å². The number of halogens is 1. The Bertz CT molecular complexity index is 930. The monoisotopic (exact) mass is 393 g/mol. The molecule has 0 spiro atoms. The van der Waals surface area contributed by atoms with Gasteiger partial charge in [-0.05, 0) is 54.4 Å². The SMILES string of the molecule is Br.Cc1cccc(NC(=O)c2ccc(-c3cccc(C#N)c3)cc2)n1. The van der Waals surface area contributed by atoms with Crippen LogP contribution in [0.3, 0.4) is 0 Å². The second-order valence-corrected chi connectivity index (χ2v) is 5.39. The molecule has 1 N–H and O–H groups in total. The van der Waals surface area contributed by atoms with Crippen molar-refractivity contribution in [3.05, 3.63) is 83.6 Å². The first-order chi connectivity index (χ1) is 11.7. The molecule has 1 amide bonds. The maximum atomic E-state index is 12.3. The van der Waals surface area contributed by atoms with E-state index in [0.717, 1.165) is 16.8 Å². The number of carbonyl (C=O) groups excluding carboxylic acids is 1. The molecule has 0 atom stereocenters. The van der Waals surface area contributed by atoms with Crippen molar-refractivity contribution in [2.24, 2.45) is 0 Å². The zero-order valence-electron chi connectivity index (χ0n) is 13.6. The number of nitriles is 1. The number of hydrogen-bond donors (Lipinski definition) is 1. The third-order valence-corrected chi connectivity index (χ3v) is 3.60. The first-order valence-corrected chi connectivity index (χ1v) is 7.51. The fraction of sp³-hybridized carbons (Fsp3) is 0.0500. The summed E-state index contributed by atoms with van der Waals surface area (Å²) in [5, 5.41) is 11.8. The maximum absolute atomic E-state index is 12.3. The first-order valence-electron chi connectivity index (χ1n) is 7.51. The fourth-order valence-corrected chi connectivity index (χ4v) is 2.38. The average molecular weight is 394 g/mol. The van der Waals surface area contributed by atoms with Crippen molar-refractivity contribution >= 4 is 28.7 Å². The minimum Gasteiger partial charge on any atom is -0.307 e. The second kappa shape index (κ2) is 8.22. The lowest BCUT2D eigenvalue weighted by Crippen LogP contribution is -2.12. The van der Waals surface area contributed by atoms with Crippen LogP contribution in [0.25, 0.3) is 11.1 Å². The van der Waals surface area contributed by atoms with E-state index in [2.05, 4.69) is 16.4 Å². The molecule has 1 heterocycles. The fourth-order valence-electron chi connectivity index (χ4n) is 2.38. The number of aryl methyl sites for hydroxylation is 1. The molecular weight excluding hydrogens is 378 g/mol. The molecule has 0 radical (unpaired) electrons. The van der Waals surface area contributed by atoms with Gasteiger partial charge < -0.3 is 5.32 Å². The van der Waals surface area contributed by atoms with E-state index in [4.69, 9.17) is 5.26 Å². The third-order valence-electron chi connectivity index (χ3n) is 3.60. The van der Waals surface area contributed by atoms with E-state index < -0.39 is 0 Å². The predicted molar refractivity (Wildman–Crippen MR) is 104 cm³/mol. The minimum absolute atomic E-state index is 0. The number of nitrogens with zero attached hydrogens (tertiary/aromatic N) is 2. The van der Waals surface area contributed by atoms with Gasteiger partial charge in [-0.2, -0.15) is 5.26 Å². The van der Waals surface area contributed by atoms with Crippen LogP contribution in [0.4, 0.5) is 5.82 Å². The highest BCUT2D eigenvalue weighted by atomic mass is 79.9. The van der Waals surface area contributed by atoms with Crippen LogP contribution in [0, 0.1) is 18.3 Å². The van der Waals surface area contributed by atoms with Crippen molar-refractivity contribution in [2.45, 2.75) is 6.92 Å². The summed E-state index contributed by atoms with van der Waals surface area (Å²) in [5.74, 6) is 0.330. The van der Waals surface area contributed by atoms with Crippen molar-refractivity contribution in [1.82, 2.24) is 4.98 Å². The van der Waals surface area contributed by atoms with E-state index in [9.17, 15) is 4.79 Å². The predicted octanol–water partition coefficient (Wildman–Crippen LogP) is 4.76. The molecule has 0 aliphatic heterocycles. The van der Waals surface area contributed by atoms with Crippen molar-refractivity contribution in [3.63, 3.8) is 0 Å². The summed E-state index contributed by atoms with van der Waals surface area (Å²) in [4.78, 5) is 16.5. The zero-order valence-corrected chi connectivity index (χ0v) is 15.3. The lowest BCUT2D eigenvalue weighted by atomic mass is 10.0. The summed E-state index contributed by atoms with van der Waals surface area (Å²) < 4.78 is 0. The van der Waals surface area contributed by atoms with E-state index in [1.807, 2.05) is 49.4 Å². The molecule has 0 aliphatic carbocycles. The van der Waals surface area contributed by atoms with Gasteiger partial charge in [0.05, 0.1) is 11.6 Å². The summed E-state index contributed by atoms with van der Waals surface area (Å²) in [6.45, 7) is 1.87. The third kappa shape index (κ3) is 4.52. The molecule has 0 saturated heterocycles. The van der Waals surface area contributed by atoms with Crippen LogP contribution < -0.4 is 5.32 Å². The number of carbonyl (C=O) groups is 1. The molecule has 1 aromatic heterocycles. The van der Waals surface area contributed by atoms with E-state index in [1.165, 1.54) is 0 Å². The van der Waals surface area contributed by atoms with Crippen LogP contribution in [-0.4, -0.2) is 10.9 Å². The second-order valence-electron chi connectivity index (χ2n) is 5.39. The molecule has 3 rings (SSSR count). The number of anilines is 1. The van der Waals surface area contributed by atoms with Gasteiger partial charge in [0.15, 0.2) is 0 Å². The highest BCUT2D eigenvalue weighted by Crippen LogP contribution is 2.21. The smallest absolute Gasteiger partial charge is 0.256 e. The van der Waals surface area contributed by atoms with Crippen molar-refractivity contribution in [2.75, 3.05) is 5.32 Å². The summed E-state index contributed by atoms with van der Waals surface area (Å²) in [6.07, 6.45) is 0. The Morgan fingerprint density at radius 3 is 2.40 bits per heavy atom. The molecule has 0 aliphatic rings. The van der Waals surface area contributed by atoms with Gasteiger partial charge in [-0.15, -0.1) is 17.0 Å². The first kappa shape index (κ1) is 18.4. The molecule has 0 unspecified atom stereocenters. The number of benzene rings is 2. The van der Waals surface area contributed by atoms with Gasteiger partial charge in [0, 0.05) is 11.3 Å². The van der Waals surface area contributed by atoms with E-state index in [1.54, 1.807) is 24.3 Å². The molecule has 0 fully saturated rings. The van der Waals surface area contributed by atoms with Gasteiger partial charge >= 0.3 is 0 Å². The maximum Gasteiger partial charge on any atom is 0.256 e. The largest absolute Gasteiger partial charge is 0.307 e. The van der Waals surface area contributed by atoms with E-state index in [-0.39, 0.29) is 22.9 Å². The van der Waals surface area contributed by atoms with Gasteiger partial charge in [-0.25, -0.2) is 4.98 Å². The van der Waals surface area contributed by atoms with Crippen LogP contribution in [-0.2, 0) is 0 Å². The van der Waals surface area contributed by atoms with Gasteiger partial charge in [0.1, 0.15) is 5.82 Å². The van der Waals surface area contributed by atoms with Crippen molar-refractivity contribution in [3.8, 4) is 17.2 Å².